The lowest BCUT2D eigenvalue weighted by atomic mass is 10.2. The average molecular weight is 432 g/mol. The van der Waals surface area contributed by atoms with Crippen LogP contribution in [0.25, 0.3) is 11.5 Å². The van der Waals surface area contributed by atoms with Gasteiger partial charge in [-0.3, -0.25) is 0 Å². The normalized spacial score (nSPS) is 13.6. The highest BCUT2D eigenvalue weighted by atomic mass is 19.4. The molecule has 0 aliphatic heterocycles. The van der Waals surface area contributed by atoms with Crippen LogP contribution >= 0.6 is 0 Å². The molecule has 4 rings (SSSR count). The molecule has 158 valence electrons. The minimum Gasteiger partial charge on any atom is -0.439 e. The molecular formula is C21H16F3N5O2. The van der Waals surface area contributed by atoms with Gasteiger partial charge in [0.25, 0.3) is 0 Å². The van der Waals surface area contributed by atoms with Gasteiger partial charge in [-0.1, -0.05) is 17.2 Å². The Morgan fingerprint density at radius 2 is 1.94 bits per heavy atom. The molecule has 0 spiro atoms. The van der Waals surface area contributed by atoms with E-state index in [1.165, 1.54) is 12.1 Å². The van der Waals surface area contributed by atoms with Crippen LogP contribution in [-0.4, -0.2) is 20.2 Å². The van der Waals surface area contributed by atoms with E-state index in [4.69, 9.17) is 16.0 Å². The molecule has 0 fully saturated rings. The van der Waals surface area contributed by atoms with Crippen molar-refractivity contribution in [1.29, 1.82) is 0 Å². The quantitative estimate of drug-likeness (QED) is 0.433. The summed E-state index contributed by atoms with van der Waals surface area (Å²) in [5, 5.41) is 9.95. The van der Waals surface area contributed by atoms with Crippen LogP contribution in [0.1, 0.15) is 23.9 Å². The average Bonchev–Trinajstić information content (AvgIpc) is 3.26. The zero-order valence-corrected chi connectivity index (χ0v) is 16.0. The largest absolute Gasteiger partial charge is 0.439 e. The lowest BCUT2D eigenvalue weighted by molar-refractivity contribution is -0.137. The zero-order chi connectivity index (χ0) is 26.4. The van der Waals surface area contributed by atoms with Crippen LogP contribution in [0.2, 0.25) is 0 Å². The Morgan fingerprint density at radius 3 is 2.74 bits per heavy atom. The highest BCUT2D eigenvalue weighted by molar-refractivity contribution is 5.58. The van der Waals surface area contributed by atoms with Gasteiger partial charge in [0.2, 0.25) is 11.8 Å². The van der Waals surface area contributed by atoms with Gasteiger partial charge in [-0.15, -0.1) is 5.10 Å². The number of hydrogen-bond acceptors (Lipinski definition) is 7. The van der Waals surface area contributed by atoms with E-state index in [0.717, 1.165) is 12.1 Å². The molecule has 0 unspecified atom stereocenters. The molecule has 1 N–H and O–H groups in total. The molecule has 4 aromatic rings. The third-order valence-electron chi connectivity index (χ3n) is 3.76. The van der Waals surface area contributed by atoms with Crippen molar-refractivity contribution < 1.29 is 29.2 Å². The summed E-state index contributed by atoms with van der Waals surface area (Å²) in [5.74, 6) is -0.841. The number of hydrogen-bond donors (Lipinski definition) is 1. The lowest BCUT2D eigenvalue weighted by Crippen LogP contribution is -2.05. The standard InChI is InChI=1S/C21H16F3N5O2/c1-12-9-18(26-13(2)25-12)30-17-8-3-5-14(10-17)19-28-29-20(31-19)27-16-7-4-6-15(11-16)21(22,23)24/h3-11H,1-2H3,(H,27,29)/i3D,5D,8D,9D,10D. The summed E-state index contributed by atoms with van der Waals surface area (Å²) in [6.07, 6.45) is -4.56. The van der Waals surface area contributed by atoms with Crippen LogP contribution in [0.5, 0.6) is 11.6 Å². The second-order valence-electron chi connectivity index (χ2n) is 6.21. The maximum Gasteiger partial charge on any atom is 0.416 e. The third-order valence-corrected chi connectivity index (χ3v) is 3.76. The molecule has 0 saturated carbocycles. The van der Waals surface area contributed by atoms with Crippen molar-refractivity contribution in [2.24, 2.45) is 0 Å². The summed E-state index contributed by atoms with van der Waals surface area (Å²) in [5.41, 5.74) is -0.947. The number of anilines is 2. The number of aromatic nitrogens is 4. The molecule has 0 bridgehead atoms. The van der Waals surface area contributed by atoms with Crippen molar-refractivity contribution in [3.63, 3.8) is 0 Å². The number of halogens is 3. The van der Waals surface area contributed by atoms with E-state index in [-0.39, 0.29) is 35.0 Å². The van der Waals surface area contributed by atoms with Crippen LogP contribution in [0, 0.1) is 13.8 Å². The van der Waals surface area contributed by atoms with Crippen molar-refractivity contribution in [3.05, 3.63) is 71.6 Å². The van der Waals surface area contributed by atoms with Crippen LogP contribution in [0.15, 0.2) is 58.9 Å². The van der Waals surface area contributed by atoms with Crippen LogP contribution in [0.3, 0.4) is 0 Å². The van der Waals surface area contributed by atoms with Gasteiger partial charge in [0.1, 0.15) is 11.6 Å². The number of rotatable bonds is 5. The van der Waals surface area contributed by atoms with Gasteiger partial charge in [-0.2, -0.15) is 18.2 Å². The molecule has 0 atom stereocenters. The van der Waals surface area contributed by atoms with Gasteiger partial charge in [0, 0.05) is 23.0 Å². The maximum atomic E-state index is 13.0. The molecule has 0 aliphatic carbocycles. The molecule has 0 saturated heterocycles. The van der Waals surface area contributed by atoms with Crippen LogP contribution < -0.4 is 10.1 Å². The van der Waals surface area contributed by atoms with Gasteiger partial charge < -0.3 is 14.5 Å². The summed E-state index contributed by atoms with van der Waals surface area (Å²) in [7, 11) is 0. The number of benzene rings is 2. The Bertz CT molecular complexity index is 1480. The Morgan fingerprint density at radius 1 is 1.10 bits per heavy atom. The van der Waals surface area contributed by atoms with E-state index < -0.39 is 47.5 Å². The Hall–Kier alpha value is -3.95. The van der Waals surface area contributed by atoms with E-state index in [1.807, 2.05) is 0 Å². The predicted molar refractivity (Wildman–Crippen MR) is 106 cm³/mol. The molecule has 2 aromatic heterocycles. The molecule has 2 heterocycles. The van der Waals surface area contributed by atoms with Gasteiger partial charge >= 0.3 is 12.2 Å². The minimum atomic E-state index is -4.56. The summed E-state index contributed by atoms with van der Waals surface area (Å²) < 4.78 is 90.9. The summed E-state index contributed by atoms with van der Waals surface area (Å²) in [6.45, 7) is 3.12. The lowest BCUT2D eigenvalue weighted by Gasteiger charge is -2.08. The molecule has 0 radical (unpaired) electrons. The molecule has 10 heteroatoms. The fourth-order valence-corrected chi connectivity index (χ4v) is 2.53. The molecule has 0 aliphatic rings. The van der Waals surface area contributed by atoms with Crippen LogP contribution in [0.4, 0.5) is 24.9 Å². The Balaban J connectivity index is 1.73. The summed E-state index contributed by atoms with van der Waals surface area (Å²) in [4.78, 5) is 8.03. The first-order valence-corrected chi connectivity index (χ1v) is 8.75. The molecule has 0 amide bonds. The van der Waals surface area contributed by atoms with Gasteiger partial charge in [0.15, 0.2) is 0 Å². The van der Waals surface area contributed by atoms with E-state index in [1.54, 1.807) is 13.8 Å². The van der Waals surface area contributed by atoms with Gasteiger partial charge in [-0.05, 0) is 50.2 Å². The smallest absolute Gasteiger partial charge is 0.416 e. The zero-order valence-electron chi connectivity index (χ0n) is 21.0. The molecular weight excluding hydrogens is 411 g/mol. The van der Waals surface area contributed by atoms with Crippen molar-refractivity contribution in [1.82, 2.24) is 20.2 Å². The summed E-state index contributed by atoms with van der Waals surface area (Å²) >= 11 is 0. The van der Waals surface area contributed by atoms with Crippen LogP contribution in [-0.2, 0) is 6.18 Å². The van der Waals surface area contributed by atoms with E-state index >= 15 is 0 Å². The number of ether oxygens (including phenoxy) is 1. The number of nitrogens with one attached hydrogen (secondary N) is 1. The fourth-order valence-electron chi connectivity index (χ4n) is 2.53. The predicted octanol–water partition coefficient (Wildman–Crippen LogP) is 5.70. The molecule has 7 nitrogen and oxygen atoms in total. The monoisotopic (exact) mass is 432 g/mol. The summed E-state index contributed by atoms with van der Waals surface area (Å²) in [6, 6.07) is 1.41. The van der Waals surface area contributed by atoms with Crippen molar-refractivity contribution in [3.8, 4) is 23.1 Å². The fraction of sp³-hybridized carbons (Fsp3) is 0.143. The topological polar surface area (TPSA) is 86.0 Å². The van der Waals surface area contributed by atoms with Crippen molar-refractivity contribution in [2.75, 3.05) is 5.32 Å². The van der Waals surface area contributed by atoms with Crippen molar-refractivity contribution in [2.45, 2.75) is 20.0 Å². The highest BCUT2D eigenvalue weighted by Crippen LogP contribution is 2.32. The van der Waals surface area contributed by atoms with E-state index in [2.05, 4.69) is 25.5 Å². The van der Waals surface area contributed by atoms with E-state index in [0.29, 0.717) is 5.69 Å². The second kappa shape index (κ2) is 8.05. The SMILES string of the molecule is [2H]c1c(C)nc(C)nc1Oc1c([2H])c([2H])c([2H])c(-c2nnc(Nc3cccc(C(F)(F)F)c3)o2)c1[2H]. The Kier molecular flexibility index (Phi) is 3.88. The number of aryl methyl sites for hydroxylation is 2. The maximum absolute atomic E-state index is 13.0. The third kappa shape index (κ3) is 4.97. The molecule has 31 heavy (non-hydrogen) atoms. The number of alkyl halides is 3. The van der Waals surface area contributed by atoms with Gasteiger partial charge in [0.05, 0.1) is 12.4 Å². The first kappa shape index (κ1) is 14.9. The second-order valence-corrected chi connectivity index (χ2v) is 6.21. The first-order chi connectivity index (χ1) is 16.9. The van der Waals surface area contributed by atoms with Gasteiger partial charge in [-0.25, -0.2) is 4.98 Å². The number of nitrogens with zero attached hydrogens (tertiary/aromatic N) is 4. The van der Waals surface area contributed by atoms with Crippen molar-refractivity contribution >= 4 is 11.7 Å². The highest BCUT2D eigenvalue weighted by Gasteiger charge is 2.30. The van der Waals surface area contributed by atoms with E-state index in [9.17, 15) is 13.2 Å². The first-order valence-electron chi connectivity index (χ1n) is 11.2. The minimum absolute atomic E-state index is 0.00130. The Labute approximate surface area is 182 Å². The molecule has 2 aromatic carbocycles.